The molecule has 68 valence electrons. The highest BCUT2D eigenvalue weighted by atomic mass is 31.2. The van der Waals surface area contributed by atoms with Gasteiger partial charge in [0.05, 0.1) is 0 Å². The Morgan fingerprint density at radius 2 is 1.83 bits per heavy atom. The predicted molar refractivity (Wildman–Crippen MR) is 46.6 cm³/mol. The molecule has 0 heterocycles. The van der Waals surface area contributed by atoms with Crippen molar-refractivity contribution in [3.05, 3.63) is 0 Å². The van der Waals surface area contributed by atoms with Crippen LogP contribution in [-0.4, -0.2) is 32.2 Å². The normalized spacial score (nSPS) is 10.6. The fourth-order valence-electron chi connectivity index (χ4n) is 0.638. The summed E-state index contributed by atoms with van der Waals surface area (Å²) in [5.74, 6) is -0.475. The molecule has 0 rings (SSSR count). The summed E-state index contributed by atoms with van der Waals surface area (Å²) in [7, 11) is -1.15. The molecule has 0 aromatic rings. The second-order valence-electron chi connectivity index (χ2n) is 1.90. The first-order chi connectivity index (χ1) is 5.51. The molecule has 0 saturated heterocycles. The third kappa shape index (κ3) is 2.13. The highest BCUT2D eigenvalue weighted by Gasteiger charge is 2.42. The van der Waals surface area contributed by atoms with E-state index in [4.69, 9.17) is 0 Å². The SMILES string of the molecule is C=[N+]=C(C(C)=O)P(=O)(OC)OC. The van der Waals surface area contributed by atoms with Crippen LogP contribution < -0.4 is 4.67 Å². The molecule has 12 heavy (non-hydrogen) atoms. The number of carbonyl (C=O) groups excluding carboxylic acids is 1. The number of nitrogens with zero attached hydrogens (tertiary/aromatic N) is 1. The van der Waals surface area contributed by atoms with Crippen molar-refractivity contribution in [3.63, 3.8) is 0 Å². The number of hydrogen-bond acceptors (Lipinski definition) is 4. The van der Waals surface area contributed by atoms with E-state index >= 15 is 0 Å². The zero-order valence-electron chi connectivity index (χ0n) is 7.23. The smallest absolute Gasteiger partial charge is 0.303 e. The highest BCUT2D eigenvalue weighted by Crippen LogP contribution is 2.47. The first-order valence-corrected chi connectivity index (χ1v) is 4.62. The van der Waals surface area contributed by atoms with Gasteiger partial charge in [0.15, 0.2) is 0 Å². The van der Waals surface area contributed by atoms with E-state index in [1.165, 1.54) is 21.1 Å². The minimum absolute atomic E-state index is 0.271. The highest BCUT2D eigenvalue weighted by molar-refractivity contribution is 7.75. The summed E-state index contributed by atoms with van der Waals surface area (Å²) >= 11 is 0. The fraction of sp³-hybridized carbons (Fsp3) is 0.500. The van der Waals surface area contributed by atoms with Crippen LogP contribution in [0.5, 0.6) is 0 Å². The zero-order valence-corrected chi connectivity index (χ0v) is 8.13. The number of ketones is 1. The van der Waals surface area contributed by atoms with Gasteiger partial charge in [0.1, 0.15) is 0 Å². The van der Waals surface area contributed by atoms with E-state index in [1.807, 2.05) is 0 Å². The van der Waals surface area contributed by atoms with Gasteiger partial charge in [-0.3, -0.25) is 4.79 Å². The van der Waals surface area contributed by atoms with E-state index in [-0.39, 0.29) is 5.45 Å². The van der Waals surface area contributed by atoms with Crippen LogP contribution in [0.1, 0.15) is 6.92 Å². The summed E-state index contributed by atoms with van der Waals surface area (Å²) in [4.78, 5) is 10.8. The maximum absolute atomic E-state index is 11.5. The topological polar surface area (TPSA) is 66.7 Å². The Hall–Kier alpha value is -0.730. The van der Waals surface area contributed by atoms with Crippen molar-refractivity contribution < 1.29 is 18.4 Å². The van der Waals surface area contributed by atoms with Crippen molar-refractivity contribution >= 4 is 25.5 Å². The monoisotopic (exact) mass is 192 g/mol. The molecule has 0 bridgehead atoms. The second kappa shape index (κ2) is 4.33. The van der Waals surface area contributed by atoms with Crippen LogP contribution in [-0.2, 0) is 18.4 Å². The molecular formula is C6H11NO4P+. The van der Waals surface area contributed by atoms with Crippen molar-refractivity contribution in [3.8, 4) is 0 Å². The lowest BCUT2D eigenvalue weighted by Gasteiger charge is -2.05. The van der Waals surface area contributed by atoms with Gasteiger partial charge in [-0.25, -0.2) is 4.57 Å². The predicted octanol–water partition coefficient (Wildman–Crippen LogP) is 0.228. The molecule has 0 spiro atoms. The Morgan fingerprint density at radius 1 is 1.42 bits per heavy atom. The Bertz CT molecular complexity index is 271. The van der Waals surface area contributed by atoms with Gasteiger partial charge in [-0.1, -0.05) is 4.67 Å². The standard InChI is InChI=1S/C6H11NO4P/c1-5(8)6(7-2)12(9,10-3)11-4/h2H2,1,3-4H3/q+1. The Kier molecular flexibility index (Phi) is 4.07. The third-order valence-corrected chi connectivity index (χ3v) is 3.14. The molecule has 0 aliphatic carbocycles. The Morgan fingerprint density at radius 3 is 1.92 bits per heavy atom. The quantitative estimate of drug-likeness (QED) is 0.363. The van der Waals surface area contributed by atoms with E-state index in [0.717, 1.165) is 0 Å². The lowest BCUT2D eigenvalue weighted by Crippen LogP contribution is -2.15. The van der Waals surface area contributed by atoms with Crippen LogP contribution in [0.3, 0.4) is 0 Å². The first-order valence-electron chi connectivity index (χ1n) is 3.08. The Balaban J connectivity index is 5.11. The van der Waals surface area contributed by atoms with Gasteiger partial charge < -0.3 is 9.05 Å². The van der Waals surface area contributed by atoms with Gasteiger partial charge in [-0.05, 0) is 0 Å². The second-order valence-corrected chi connectivity index (χ2v) is 4.05. The summed E-state index contributed by atoms with van der Waals surface area (Å²) in [5, 5.41) is 0. The summed E-state index contributed by atoms with van der Waals surface area (Å²) in [5.41, 5.74) is -0.271. The lowest BCUT2D eigenvalue weighted by molar-refractivity contribution is -0.110. The molecule has 0 amide bonds. The van der Waals surface area contributed by atoms with Crippen LogP contribution >= 0.6 is 7.60 Å². The number of carbonyl (C=O) groups is 1. The van der Waals surface area contributed by atoms with E-state index in [2.05, 4.69) is 20.4 Å². The lowest BCUT2D eigenvalue weighted by atomic mass is 10.5. The molecule has 0 aromatic heterocycles. The summed E-state index contributed by atoms with van der Waals surface area (Å²) in [6, 6.07) is 0. The molecular weight excluding hydrogens is 181 g/mol. The molecule has 0 N–H and O–H groups in total. The summed E-state index contributed by atoms with van der Waals surface area (Å²) < 4.78 is 23.9. The average Bonchev–Trinajstić information content (AvgIpc) is 2.04. The minimum atomic E-state index is -3.51. The van der Waals surface area contributed by atoms with Gasteiger partial charge in [0, 0.05) is 21.1 Å². The molecule has 6 heteroatoms. The Labute approximate surface area is 70.7 Å². The largest absolute Gasteiger partial charge is 0.454 e. The maximum atomic E-state index is 11.5. The first kappa shape index (κ1) is 11.3. The third-order valence-electron chi connectivity index (χ3n) is 1.20. The van der Waals surface area contributed by atoms with Crippen molar-refractivity contribution in [2.24, 2.45) is 0 Å². The van der Waals surface area contributed by atoms with Gasteiger partial charge in [-0.2, -0.15) is 0 Å². The molecule has 0 radical (unpaired) electrons. The van der Waals surface area contributed by atoms with Gasteiger partial charge in [0.2, 0.25) is 0 Å². The summed E-state index contributed by atoms with van der Waals surface area (Å²) in [6.45, 7) is 4.32. The average molecular weight is 192 g/mol. The molecule has 0 aliphatic heterocycles. The molecule has 0 unspecified atom stereocenters. The van der Waals surface area contributed by atoms with Gasteiger partial charge >= 0.3 is 13.0 Å². The fourth-order valence-corrected chi connectivity index (χ4v) is 1.69. The van der Waals surface area contributed by atoms with E-state index in [0.29, 0.717) is 0 Å². The molecule has 5 nitrogen and oxygen atoms in total. The van der Waals surface area contributed by atoms with Crippen molar-refractivity contribution in [2.75, 3.05) is 14.2 Å². The maximum Gasteiger partial charge on any atom is 0.454 e. The molecule has 0 aromatic carbocycles. The molecule has 0 atom stereocenters. The van der Waals surface area contributed by atoms with Crippen LogP contribution in [0.2, 0.25) is 0 Å². The molecule has 0 fully saturated rings. The van der Waals surface area contributed by atoms with Crippen molar-refractivity contribution in [1.29, 1.82) is 0 Å². The van der Waals surface area contributed by atoms with Gasteiger partial charge in [0.25, 0.3) is 12.5 Å². The van der Waals surface area contributed by atoms with Crippen LogP contribution in [0.4, 0.5) is 0 Å². The van der Waals surface area contributed by atoms with Crippen molar-refractivity contribution in [1.82, 2.24) is 4.67 Å². The molecule has 0 saturated carbocycles. The number of hydrogen-bond donors (Lipinski definition) is 0. The van der Waals surface area contributed by atoms with E-state index < -0.39 is 13.4 Å². The van der Waals surface area contributed by atoms with E-state index in [1.54, 1.807) is 0 Å². The van der Waals surface area contributed by atoms with Crippen molar-refractivity contribution in [2.45, 2.75) is 6.92 Å². The van der Waals surface area contributed by atoms with Gasteiger partial charge in [-0.15, -0.1) is 0 Å². The number of Topliss-reactive ketones (excluding diaryl/α,β-unsaturated/α-hetero) is 1. The zero-order chi connectivity index (χ0) is 9.78. The van der Waals surface area contributed by atoms with Crippen LogP contribution in [0, 0.1) is 0 Å². The minimum Gasteiger partial charge on any atom is -0.303 e. The molecule has 0 aliphatic rings. The number of rotatable bonds is 4. The van der Waals surface area contributed by atoms with E-state index in [9.17, 15) is 9.36 Å². The van der Waals surface area contributed by atoms with Crippen LogP contribution in [0.25, 0.3) is 0 Å². The summed E-state index contributed by atoms with van der Waals surface area (Å²) in [6.07, 6.45) is 0. The van der Waals surface area contributed by atoms with Crippen LogP contribution in [0.15, 0.2) is 0 Å².